The van der Waals surface area contributed by atoms with Gasteiger partial charge in [0.2, 0.25) is 11.8 Å². The molecular weight excluding hydrogens is 354 g/mol. The van der Waals surface area contributed by atoms with Gasteiger partial charge in [-0.3, -0.25) is 10.4 Å². The van der Waals surface area contributed by atoms with Crippen LogP contribution in [0.25, 0.3) is 0 Å². The van der Waals surface area contributed by atoms with Crippen LogP contribution < -0.4 is 16.0 Å². The fourth-order valence-electron chi connectivity index (χ4n) is 1.05. The molecule has 0 amide bonds. The van der Waals surface area contributed by atoms with Gasteiger partial charge in [0, 0.05) is 10.7 Å². The fraction of sp³-hybridized carbons (Fsp3) is 0. The number of nitrogens with zero attached hydrogens (tertiary/aromatic N) is 3. The molecule has 0 aliphatic heterocycles. The molecule has 2 heterocycles. The van der Waals surface area contributed by atoms with Crippen LogP contribution in [-0.2, 0) is 0 Å². The molecule has 3 N–H and O–H groups in total. The molecule has 2 rings (SSSR count). The third-order valence-electron chi connectivity index (χ3n) is 1.74. The highest BCUT2D eigenvalue weighted by atomic mass is 79.9. The zero-order valence-corrected chi connectivity index (χ0v) is 11.6. The van der Waals surface area contributed by atoms with E-state index in [9.17, 15) is 0 Å². The average Bonchev–Trinajstić information content (AvgIpc) is 2.32. The number of halogens is 2. The first-order valence-electron chi connectivity index (χ1n) is 4.46. The Labute approximate surface area is 114 Å². The molecule has 0 aliphatic rings. The molecule has 0 saturated heterocycles. The summed E-state index contributed by atoms with van der Waals surface area (Å²) >= 11 is 6.59. The number of nitrogens with one attached hydrogen (secondary N) is 1. The van der Waals surface area contributed by atoms with Crippen LogP contribution in [0.2, 0.25) is 0 Å². The van der Waals surface area contributed by atoms with Crippen LogP contribution in [0.4, 0.5) is 5.95 Å². The summed E-state index contributed by atoms with van der Waals surface area (Å²) < 4.78 is 6.99. The Bertz CT molecular complexity index is 537. The second-order valence-electron chi connectivity index (χ2n) is 2.93. The molecule has 6 nitrogen and oxygen atoms in total. The molecule has 0 bridgehead atoms. The van der Waals surface area contributed by atoms with Crippen LogP contribution >= 0.6 is 31.9 Å². The van der Waals surface area contributed by atoms with Gasteiger partial charge in [-0.15, -0.1) is 0 Å². The topological polar surface area (TPSA) is 86.0 Å². The highest BCUT2D eigenvalue weighted by Gasteiger charge is 2.07. The Balaban J connectivity index is 2.29. The summed E-state index contributed by atoms with van der Waals surface area (Å²) in [6.45, 7) is 0. The monoisotopic (exact) mass is 359 g/mol. The van der Waals surface area contributed by atoms with Crippen molar-refractivity contribution in [1.29, 1.82) is 0 Å². The van der Waals surface area contributed by atoms with Gasteiger partial charge in [-0.25, -0.2) is 10.8 Å². The lowest BCUT2D eigenvalue weighted by atomic mass is 10.5. The molecular formula is C9H7Br2N5O. The van der Waals surface area contributed by atoms with E-state index in [-0.39, 0.29) is 5.95 Å². The molecule has 0 aliphatic carbocycles. The molecule has 2 aromatic rings. The minimum Gasteiger partial charge on any atom is -0.436 e. The van der Waals surface area contributed by atoms with Crippen LogP contribution in [0.5, 0.6) is 11.6 Å². The van der Waals surface area contributed by atoms with E-state index in [1.54, 1.807) is 24.7 Å². The van der Waals surface area contributed by atoms with E-state index in [1.165, 1.54) is 0 Å². The molecule has 2 aromatic heterocycles. The van der Waals surface area contributed by atoms with Crippen molar-refractivity contribution in [2.45, 2.75) is 0 Å². The van der Waals surface area contributed by atoms with Crippen molar-refractivity contribution in [3.63, 3.8) is 0 Å². The van der Waals surface area contributed by atoms with Crippen molar-refractivity contribution in [3.05, 3.63) is 33.6 Å². The molecule has 0 radical (unpaired) electrons. The smallest absolute Gasteiger partial charge is 0.240 e. The van der Waals surface area contributed by atoms with E-state index in [0.29, 0.717) is 16.1 Å². The van der Waals surface area contributed by atoms with E-state index in [1.807, 2.05) is 0 Å². The summed E-state index contributed by atoms with van der Waals surface area (Å²) in [7, 11) is 0. The largest absolute Gasteiger partial charge is 0.436 e. The third kappa shape index (κ3) is 3.11. The molecule has 0 unspecified atom stereocenters. The highest BCUT2D eigenvalue weighted by Crippen LogP contribution is 2.28. The number of nitrogen functional groups attached to an aromatic ring is 1. The first-order valence-corrected chi connectivity index (χ1v) is 6.05. The van der Waals surface area contributed by atoms with Crippen molar-refractivity contribution >= 4 is 37.8 Å². The van der Waals surface area contributed by atoms with Crippen LogP contribution in [0.15, 0.2) is 33.6 Å². The standard InChI is InChI=1S/C9H7Br2N5O/c10-5-1-6(3-13-2-5)17-8-7(11)4-14-9(15-8)16-12/h1-4H,12H2,(H,14,15,16). The van der Waals surface area contributed by atoms with E-state index < -0.39 is 0 Å². The molecule has 8 heteroatoms. The predicted octanol–water partition coefficient (Wildman–Crippen LogP) is 2.47. The summed E-state index contributed by atoms with van der Waals surface area (Å²) in [6.07, 6.45) is 4.78. The van der Waals surface area contributed by atoms with E-state index in [4.69, 9.17) is 10.6 Å². The van der Waals surface area contributed by atoms with Gasteiger partial charge in [-0.2, -0.15) is 4.98 Å². The van der Waals surface area contributed by atoms with Gasteiger partial charge in [0.1, 0.15) is 5.75 Å². The number of hydrogen-bond donors (Lipinski definition) is 2. The quantitative estimate of drug-likeness (QED) is 0.646. The van der Waals surface area contributed by atoms with Gasteiger partial charge in [0.25, 0.3) is 0 Å². The number of hydrazine groups is 1. The van der Waals surface area contributed by atoms with Gasteiger partial charge in [0.15, 0.2) is 0 Å². The molecule has 88 valence electrons. The first kappa shape index (κ1) is 12.2. The number of hydrogen-bond acceptors (Lipinski definition) is 6. The zero-order chi connectivity index (χ0) is 12.3. The van der Waals surface area contributed by atoms with Gasteiger partial charge >= 0.3 is 0 Å². The SMILES string of the molecule is NNc1ncc(Br)c(Oc2cncc(Br)c2)n1. The Morgan fingerprint density at radius 2 is 2.06 bits per heavy atom. The lowest BCUT2D eigenvalue weighted by Gasteiger charge is -2.07. The minimum absolute atomic E-state index is 0.270. The van der Waals surface area contributed by atoms with Crippen molar-refractivity contribution < 1.29 is 4.74 Å². The highest BCUT2D eigenvalue weighted by molar-refractivity contribution is 9.10. The van der Waals surface area contributed by atoms with Gasteiger partial charge < -0.3 is 4.74 Å². The molecule has 0 spiro atoms. The van der Waals surface area contributed by atoms with E-state index in [2.05, 4.69) is 52.2 Å². The summed E-state index contributed by atoms with van der Waals surface area (Å²) in [5, 5.41) is 0. The number of aromatic nitrogens is 3. The van der Waals surface area contributed by atoms with Crippen LogP contribution in [0.1, 0.15) is 0 Å². The predicted molar refractivity (Wildman–Crippen MR) is 69.6 cm³/mol. The normalized spacial score (nSPS) is 10.1. The second kappa shape index (κ2) is 5.39. The van der Waals surface area contributed by atoms with Crippen LogP contribution in [0.3, 0.4) is 0 Å². The average molecular weight is 361 g/mol. The molecule has 0 saturated carbocycles. The van der Waals surface area contributed by atoms with Gasteiger partial charge in [-0.05, 0) is 37.9 Å². The zero-order valence-electron chi connectivity index (χ0n) is 8.39. The maximum Gasteiger partial charge on any atom is 0.240 e. The Morgan fingerprint density at radius 3 is 2.76 bits per heavy atom. The third-order valence-corrected chi connectivity index (χ3v) is 2.71. The maximum atomic E-state index is 5.55. The van der Waals surface area contributed by atoms with E-state index >= 15 is 0 Å². The fourth-order valence-corrected chi connectivity index (χ4v) is 1.67. The van der Waals surface area contributed by atoms with Crippen molar-refractivity contribution in [2.24, 2.45) is 5.84 Å². The number of nitrogens with two attached hydrogens (primary N) is 1. The number of anilines is 1. The Hall–Kier alpha value is -1.25. The van der Waals surface area contributed by atoms with E-state index in [0.717, 1.165) is 4.47 Å². The first-order chi connectivity index (χ1) is 8.19. The molecule has 0 atom stereocenters. The summed E-state index contributed by atoms with van der Waals surface area (Å²) in [5.74, 6) is 6.40. The number of ether oxygens (including phenoxy) is 1. The Morgan fingerprint density at radius 1 is 1.24 bits per heavy atom. The lowest BCUT2D eigenvalue weighted by molar-refractivity contribution is 0.456. The summed E-state index contributed by atoms with van der Waals surface area (Å²) in [6, 6.07) is 1.77. The maximum absolute atomic E-state index is 5.55. The summed E-state index contributed by atoms with van der Waals surface area (Å²) in [4.78, 5) is 12.0. The van der Waals surface area contributed by atoms with Gasteiger partial charge in [-0.1, -0.05) is 0 Å². The van der Waals surface area contributed by atoms with Crippen LogP contribution in [-0.4, -0.2) is 15.0 Å². The molecule has 0 aromatic carbocycles. The molecule has 0 fully saturated rings. The number of rotatable bonds is 3. The lowest BCUT2D eigenvalue weighted by Crippen LogP contribution is -2.10. The van der Waals surface area contributed by atoms with Crippen LogP contribution in [0, 0.1) is 0 Å². The van der Waals surface area contributed by atoms with Crippen molar-refractivity contribution in [2.75, 3.05) is 5.43 Å². The van der Waals surface area contributed by atoms with Crippen molar-refractivity contribution in [3.8, 4) is 11.6 Å². The van der Waals surface area contributed by atoms with Gasteiger partial charge in [0.05, 0.1) is 16.9 Å². The number of pyridine rings is 1. The molecule has 17 heavy (non-hydrogen) atoms. The summed E-state index contributed by atoms with van der Waals surface area (Å²) in [5.41, 5.74) is 2.34. The van der Waals surface area contributed by atoms with Crippen molar-refractivity contribution in [1.82, 2.24) is 15.0 Å². The minimum atomic E-state index is 0.270. The second-order valence-corrected chi connectivity index (χ2v) is 4.70. The Kier molecular flexibility index (Phi) is 3.87.